The van der Waals surface area contributed by atoms with Crippen LogP contribution in [0, 0.1) is 32.1 Å². The Morgan fingerprint density at radius 1 is 1.19 bits per heavy atom. The van der Waals surface area contributed by atoms with E-state index >= 15 is 0 Å². The van der Waals surface area contributed by atoms with Gasteiger partial charge in [0, 0.05) is 23.6 Å². The zero-order valence-electron chi connectivity index (χ0n) is 15.9. The van der Waals surface area contributed by atoms with E-state index in [1.807, 2.05) is 51.2 Å². The predicted octanol–water partition coefficient (Wildman–Crippen LogP) is 4.36. The number of H-pyrrole nitrogens is 1. The lowest BCUT2D eigenvalue weighted by Crippen LogP contribution is -2.26. The van der Waals surface area contributed by atoms with Gasteiger partial charge in [0.2, 0.25) is 0 Å². The van der Waals surface area contributed by atoms with Crippen molar-refractivity contribution in [2.75, 3.05) is 6.54 Å². The molecule has 1 aromatic heterocycles. The van der Waals surface area contributed by atoms with Crippen molar-refractivity contribution < 1.29 is 4.79 Å². The number of aryl methyl sites for hydroxylation is 3. The molecule has 0 unspecified atom stereocenters. The summed E-state index contributed by atoms with van der Waals surface area (Å²) in [6.45, 7) is 6.51. The molecule has 0 spiro atoms. The van der Waals surface area contributed by atoms with Crippen molar-refractivity contribution in [3.63, 3.8) is 0 Å². The van der Waals surface area contributed by atoms with Gasteiger partial charge in [-0.15, -0.1) is 0 Å². The second kappa shape index (κ2) is 7.92. The number of nitrogens with one attached hydrogen (secondary N) is 2. The molecule has 0 aliphatic rings. The second-order valence-corrected chi connectivity index (χ2v) is 6.85. The maximum Gasteiger partial charge on any atom is 0.261 e. The molecule has 27 heavy (non-hydrogen) atoms. The lowest BCUT2D eigenvalue weighted by Gasteiger charge is -2.09. The minimum atomic E-state index is -0.336. The molecule has 0 saturated heterocycles. The molecule has 2 N–H and O–H groups in total. The van der Waals surface area contributed by atoms with E-state index < -0.39 is 0 Å². The van der Waals surface area contributed by atoms with E-state index in [0.717, 1.165) is 33.2 Å². The highest BCUT2D eigenvalue weighted by Crippen LogP contribution is 2.20. The molecule has 4 nitrogen and oxygen atoms in total. The van der Waals surface area contributed by atoms with Gasteiger partial charge in [0.05, 0.1) is 0 Å². The van der Waals surface area contributed by atoms with Gasteiger partial charge in [0.15, 0.2) is 0 Å². The zero-order chi connectivity index (χ0) is 19.4. The third-order valence-corrected chi connectivity index (χ3v) is 4.75. The first-order chi connectivity index (χ1) is 13.0. The summed E-state index contributed by atoms with van der Waals surface area (Å²) >= 11 is 0. The number of nitriles is 1. The fourth-order valence-electron chi connectivity index (χ4n) is 3.46. The van der Waals surface area contributed by atoms with Gasteiger partial charge in [-0.3, -0.25) is 4.79 Å². The Kier molecular flexibility index (Phi) is 5.42. The Labute approximate surface area is 159 Å². The largest absolute Gasteiger partial charge is 0.361 e. The van der Waals surface area contributed by atoms with E-state index in [4.69, 9.17) is 0 Å². The number of benzene rings is 2. The van der Waals surface area contributed by atoms with Crippen LogP contribution in [-0.4, -0.2) is 17.4 Å². The fourth-order valence-corrected chi connectivity index (χ4v) is 3.46. The Balaban J connectivity index is 1.70. The third-order valence-electron chi connectivity index (χ3n) is 4.75. The lowest BCUT2D eigenvalue weighted by molar-refractivity contribution is -0.117. The first-order valence-corrected chi connectivity index (χ1v) is 9.02. The molecular weight excluding hydrogens is 334 g/mol. The van der Waals surface area contributed by atoms with E-state index in [-0.39, 0.29) is 11.5 Å². The first kappa shape index (κ1) is 18.5. The van der Waals surface area contributed by atoms with Crippen LogP contribution in [0.4, 0.5) is 0 Å². The highest BCUT2D eigenvalue weighted by Gasteiger charge is 2.11. The van der Waals surface area contributed by atoms with Gasteiger partial charge < -0.3 is 10.3 Å². The minimum Gasteiger partial charge on any atom is -0.361 e. The van der Waals surface area contributed by atoms with Crippen LogP contribution in [0.25, 0.3) is 17.0 Å². The monoisotopic (exact) mass is 357 g/mol. The Hall–Kier alpha value is -3.32. The van der Waals surface area contributed by atoms with Crippen LogP contribution in [0.15, 0.2) is 48.2 Å². The van der Waals surface area contributed by atoms with Crippen molar-refractivity contribution >= 4 is 22.9 Å². The molecule has 4 heteroatoms. The number of aromatic nitrogens is 1. The van der Waals surface area contributed by atoms with Crippen molar-refractivity contribution in [2.24, 2.45) is 0 Å². The molecule has 136 valence electrons. The summed E-state index contributed by atoms with van der Waals surface area (Å²) in [5.74, 6) is -0.336. The average Bonchev–Trinajstić information content (AvgIpc) is 3.04. The Bertz CT molecular complexity index is 1040. The van der Waals surface area contributed by atoms with Gasteiger partial charge in [-0.25, -0.2) is 0 Å². The van der Waals surface area contributed by atoms with E-state index in [1.54, 1.807) is 6.08 Å². The van der Waals surface area contributed by atoms with Gasteiger partial charge in [-0.2, -0.15) is 5.26 Å². The molecule has 1 amide bonds. The van der Waals surface area contributed by atoms with Crippen LogP contribution in [0.3, 0.4) is 0 Å². The molecule has 3 aromatic rings. The number of carbonyl (C=O) groups excluding carboxylic acids is 1. The SMILES string of the molecule is Cc1cc(C)c(/C=C(/C#N)C(=O)NCCc2c[nH]c3ccccc23)c(C)c1. The number of hydrogen-bond acceptors (Lipinski definition) is 2. The molecular formula is C23H23N3O. The van der Waals surface area contributed by atoms with Crippen LogP contribution in [0.5, 0.6) is 0 Å². The third kappa shape index (κ3) is 4.09. The Morgan fingerprint density at radius 2 is 1.89 bits per heavy atom. The van der Waals surface area contributed by atoms with Crippen molar-refractivity contribution in [1.82, 2.24) is 10.3 Å². The van der Waals surface area contributed by atoms with E-state index in [2.05, 4.69) is 28.5 Å². The molecule has 0 aliphatic carbocycles. The average molecular weight is 357 g/mol. The van der Waals surface area contributed by atoms with Crippen molar-refractivity contribution in [2.45, 2.75) is 27.2 Å². The number of rotatable bonds is 5. The quantitative estimate of drug-likeness (QED) is 0.526. The first-order valence-electron chi connectivity index (χ1n) is 9.02. The predicted molar refractivity (Wildman–Crippen MR) is 109 cm³/mol. The molecule has 0 fully saturated rings. The molecule has 0 saturated carbocycles. The number of aromatic amines is 1. The summed E-state index contributed by atoms with van der Waals surface area (Å²) in [6, 6.07) is 14.2. The highest BCUT2D eigenvalue weighted by atomic mass is 16.1. The van der Waals surface area contributed by atoms with Crippen LogP contribution >= 0.6 is 0 Å². The summed E-state index contributed by atoms with van der Waals surface area (Å²) in [4.78, 5) is 15.7. The number of para-hydroxylation sites is 1. The van der Waals surface area contributed by atoms with Crippen LogP contribution in [0.2, 0.25) is 0 Å². The highest BCUT2D eigenvalue weighted by molar-refractivity contribution is 6.02. The van der Waals surface area contributed by atoms with Crippen LogP contribution in [-0.2, 0) is 11.2 Å². The molecule has 0 aliphatic heterocycles. The number of hydrogen-bond donors (Lipinski definition) is 2. The Morgan fingerprint density at radius 3 is 2.59 bits per heavy atom. The minimum absolute atomic E-state index is 0.129. The van der Waals surface area contributed by atoms with Gasteiger partial charge in [-0.1, -0.05) is 35.9 Å². The number of amides is 1. The second-order valence-electron chi connectivity index (χ2n) is 6.85. The molecule has 2 aromatic carbocycles. The molecule has 3 rings (SSSR count). The summed E-state index contributed by atoms with van der Waals surface area (Å²) in [5, 5.41) is 13.5. The number of fused-ring (bicyclic) bond motifs is 1. The molecule has 0 radical (unpaired) electrons. The van der Waals surface area contributed by atoms with E-state index in [9.17, 15) is 10.1 Å². The molecule has 1 heterocycles. The van der Waals surface area contributed by atoms with Crippen LogP contribution < -0.4 is 5.32 Å². The van der Waals surface area contributed by atoms with E-state index in [1.165, 1.54) is 5.56 Å². The summed E-state index contributed by atoms with van der Waals surface area (Å²) in [6.07, 6.45) is 4.36. The zero-order valence-corrected chi connectivity index (χ0v) is 15.9. The van der Waals surface area contributed by atoms with Crippen molar-refractivity contribution in [3.8, 4) is 6.07 Å². The van der Waals surface area contributed by atoms with Gasteiger partial charge in [-0.05, 0) is 61.6 Å². The smallest absolute Gasteiger partial charge is 0.261 e. The van der Waals surface area contributed by atoms with Crippen LogP contribution in [0.1, 0.15) is 27.8 Å². The van der Waals surface area contributed by atoms with Crippen molar-refractivity contribution in [3.05, 3.63) is 76.0 Å². The van der Waals surface area contributed by atoms with Gasteiger partial charge >= 0.3 is 0 Å². The molecule has 0 bridgehead atoms. The number of carbonyl (C=O) groups is 1. The normalized spacial score (nSPS) is 11.4. The van der Waals surface area contributed by atoms with Crippen molar-refractivity contribution in [1.29, 1.82) is 5.26 Å². The maximum atomic E-state index is 12.5. The summed E-state index contributed by atoms with van der Waals surface area (Å²) in [7, 11) is 0. The maximum absolute atomic E-state index is 12.5. The van der Waals surface area contributed by atoms with E-state index in [0.29, 0.717) is 13.0 Å². The fraction of sp³-hybridized carbons (Fsp3) is 0.217. The lowest BCUT2D eigenvalue weighted by atomic mass is 9.98. The number of nitrogens with zero attached hydrogens (tertiary/aromatic N) is 1. The standard InChI is InChI=1S/C23H23N3O/c1-15-10-16(2)21(17(3)11-15)12-19(13-24)23(27)25-9-8-18-14-26-22-7-5-4-6-20(18)22/h4-7,10-12,14,26H,8-9H2,1-3H3,(H,25,27)/b19-12-. The van der Waals surface area contributed by atoms with Gasteiger partial charge in [0.1, 0.15) is 11.6 Å². The summed E-state index contributed by atoms with van der Waals surface area (Å²) < 4.78 is 0. The molecule has 0 atom stereocenters. The summed E-state index contributed by atoms with van der Waals surface area (Å²) in [5.41, 5.74) is 6.59. The van der Waals surface area contributed by atoms with Gasteiger partial charge in [0.25, 0.3) is 5.91 Å². The topological polar surface area (TPSA) is 68.7 Å².